The molecule has 0 spiro atoms. The Morgan fingerprint density at radius 1 is 1.52 bits per heavy atom. The molecule has 0 aliphatic rings. The molecule has 0 radical (unpaired) electrons. The number of nitrogens with one attached hydrogen (secondary N) is 1. The van der Waals surface area contributed by atoms with E-state index in [1.807, 2.05) is 0 Å². The van der Waals surface area contributed by atoms with Gasteiger partial charge in [-0.3, -0.25) is 5.10 Å². The van der Waals surface area contributed by atoms with Crippen molar-refractivity contribution in [1.82, 2.24) is 10.2 Å². The molecule has 1 atom stereocenters. The quantitative estimate of drug-likeness (QED) is 0.319. The van der Waals surface area contributed by atoms with Crippen LogP contribution in [0.4, 0.5) is 4.39 Å². The van der Waals surface area contributed by atoms with Crippen LogP contribution in [0.3, 0.4) is 0 Å². The molecule has 0 bridgehead atoms. The number of H-pyrrole nitrogens is 1. The van der Waals surface area contributed by atoms with Gasteiger partial charge in [0.15, 0.2) is 11.6 Å². The predicted molar refractivity (Wildman–Crippen MR) is 98.1 cm³/mol. The fraction of sp³-hybridized carbons (Fsp3) is 0.176. The number of aromatic nitrogens is 2. The van der Waals surface area contributed by atoms with Crippen molar-refractivity contribution in [2.24, 2.45) is 10.7 Å². The number of ether oxygens (including phenoxy) is 1. The maximum atomic E-state index is 13.7. The maximum absolute atomic E-state index is 13.7. The van der Waals surface area contributed by atoms with Gasteiger partial charge < -0.3 is 10.5 Å². The van der Waals surface area contributed by atoms with Gasteiger partial charge >= 0.3 is 0 Å². The minimum absolute atomic E-state index is 0.0922. The van der Waals surface area contributed by atoms with Crippen molar-refractivity contribution in [3.8, 4) is 0 Å². The van der Waals surface area contributed by atoms with Crippen molar-refractivity contribution in [3.63, 3.8) is 0 Å². The van der Waals surface area contributed by atoms with Crippen LogP contribution in [0.1, 0.15) is 24.2 Å². The number of nitrogens with zero attached hydrogens (tertiary/aromatic N) is 2. The van der Waals surface area contributed by atoms with Gasteiger partial charge in [-0.05, 0) is 30.7 Å². The second-order valence-corrected chi connectivity index (χ2v) is 5.88. The summed E-state index contributed by atoms with van der Waals surface area (Å²) in [6.45, 7) is 5.34. The first-order chi connectivity index (χ1) is 11.9. The summed E-state index contributed by atoms with van der Waals surface area (Å²) in [5, 5.41) is 6.75. The van der Waals surface area contributed by atoms with Crippen LogP contribution < -0.4 is 5.73 Å². The van der Waals surface area contributed by atoms with Crippen LogP contribution in [-0.2, 0) is 11.2 Å². The third-order valence-corrected chi connectivity index (χ3v) is 4.05. The first kappa shape index (κ1) is 19.0. The van der Waals surface area contributed by atoms with Crippen LogP contribution in [0.15, 0.2) is 53.8 Å². The lowest BCUT2D eigenvalue weighted by Crippen LogP contribution is -2.07. The van der Waals surface area contributed by atoms with E-state index in [9.17, 15) is 4.39 Å². The zero-order chi connectivity index (χ0) is 18.4. The van der Waals surface area contributed by atoms with Crippen LogP contribution in [0, 0.1) is 5.82 Å². The van der Waals surface area contributed by atoms with E-state index in [1.165, 1.54) is 18.2 Å². The highest BCUT2D eigenvalue weighted by Gasteiger charge is 2.19. The van der Waals surface area contributed by atoms with Gasteiger partial charge in [-0.15, -0.1) is 0 Å². The normalized spacial score (nSPS) is 13.6. The number of hydrogen-bond donors (Lipinski definition) is 2. The molecule has 1 unspecified atom stereocenters. The molecule has 0 amide bonds. The van der Waals surface area contributed by atoms with Crippen LogP contribution in [-0.4, -0.2) is 16.4 Å². The van der Waals surface area contributed by atoms with Crippen LogP contribution >= 0.6 is 23.2 Å². The zero-order valence-electron chi connectivity index (χ0n) is 13.5. The Balaban J connectivity index is 2.16. The number of aliphatic imine (C=N–C) groups is 1. The van der Waals surface area contributed by atoms with Gasteiger partial charge in [-0.2, -0.15) is 5.10 Å². The summed E-state index contributed by atoms with van der Waals surface area (Å²) in [7, 11) is 0. The summed E-state index contributed by atoms with van der Waals surface area (Å²) < 4.78 is 19.4. The molecule has 0 aliphatic heterocycles. The molecule has 25 heavy (non-hydrogen) atoms. The summed E-state index contributed by atoms with van der Waals surface area (Å²) in [4.78, 5) is 4.13. The van der Waals surface area contributed by atoms with Gasteiger partial charge in [0.25, 0.3) is 0 Å². The number of rotatable bonds is 7. The van der Waals surface area contributed by atoms with E-state index in [0.29, 0.717) is 17.0 Å². The molecular weight excluding hydrogens is 366 g/mol. The number of benzene rings is 1. The van der Waals surface area contributed by atoms with Crippen LogP contribution in [0.2, 0.25) is 10.0 Å². The molecule has 0 aliphatic carbocycles. The zero-order valence-corrected chi connectivity index (χ0v) is 15.0. The molecule has 8 heteroatoms. The topological polar surface area (TPSA) is 76.3 Å². The van der Waals surface area contributed by atoms with Crippen molar-refractivity contribution < 1.29 is 9.13 Å². The second-order valence-electron chi connectivity index (χ2n) is 5.09. The Labute approximate surface area is 155 Å². The number of nitrogens with two attached hydrogens (primary N) is 1. The Bertz CT molecular complexity index is 803. The standard InChI is InChI=1S/C17H17Cl2FN4O/c1-3-14(17(21)22-7-6-11-8-23-24-9-11)25-10(2)15-12(18)4-5-13(20)16(15)19/h3-5,7-10H,1,6,21H2,2H3,(H,23,24)/b17-14+,22-7-. The summed E-state index contributed by atoms with van der Waals surface area (Å²) in [6, 6.07) is 2.61. The van der Waals surface area contributed by atoms with Crippen LogP contribution in [0.5, 0.6) is 0 Å². The first-order valence-electron chi connectivity index (χ1n) is 7.36. The van der Waals surface area contributed by atoms with Gasteiger partial charge in [0.1, 0.15) is 11.9 Å². The Kier molecular flexibility index (Phi) is 6.61. The maximum Gasteiger partial charge on any atom is 0.165 e. The lowest BCUT2D eigenvalue weighted by molar-refractivity contribution is 0.140. The average Bonchev–Trinajstić information content (AvgIpc) is 3.09. The van der Waals surface area contributed by atoms with Gasteiger partial charge in [-0.1, -0.05) is 29.8 Å². The molecule has 1 heterocycles. The van der Waals surface area contributed by atoms with E-state index < -0.39 is 11.9 Å². The summed E-state index contributed by atoms with van der Waals surface area (Å²) >= 11 is 12.1. The van der Waals surface area contributed by atoms with Crippen molar-refractivity contribution in [1.29, 1.82) is 0 Å². The van der Waals surface area contributed by atoms with E-state index in [1.54, 1.807) is 25.5 Å². The molecule has 2 aromatic rings. The van der Waals surface area contributed by atoms with E-state index in [4.69, 9.17) is 33.7 Å². The van der Waals surface area contributed by atoms with Gasteiger partial charge in [0.05, 0.1) is 11.2 Å². The molecule has 1 aromatic carbocycles. The fourth-order valence-electron chi connectivity index (χ4n) is 2.08. The Hall–Kier alpha value is -2.31. The molecule has 132 valence electrons. The number of aromatic amines is 1. The number of halogens is 3. The smallest absolute Gasteiger partial charge is 0.165 e. The molecular formula is C17H17Cl2FN4O. The lowest BCUT2D eigenvalue weighted by atomic mass is 10.1. The van der Waals surface area contributed by atoms with Crippen LogP contribution in [0.25, 0.3) is 0 Å². The number of allylic oxidation sites excluding steroid dienone is 1. The van der Waals surface area contributed by atoms with E-state index in [0.717, 1.165) is 5.56 Å². The summed E-state index contributed by atoms with van der Waals surface area (Å²) in [5.74, 6) is -0.201. The number of hydrogen-bond acceptors (Lipinski definition) is 4. The predicted octanol–water partition coefficient (Wildman–Crippen LogP) is 4.56. The summed E-state index contributed by atoms with van der Waals surface area (Å²) in [6.07, 6.45) is 6.40. The molecule has 5 nitrogen and oxygen atoms in total. The third-order valence-electron chi connectivity index (χ3n) is 3.34. The SMILES string of the molecule is C=C/C(OC(C)c1c(Cl)ccc(F)c1Cl)=C(N)\N=C/Cc1cn[nH]c1. The highest BCUT2D eigenvalue weighted by atomic mass is 35.5. The molecule has 1 aromatic heterocycles. The van der Waals surface area contributed by atoms with E-state index in [2.05, 4.69) is 21.8 Å². The van der Waals surface area contributed by atoms with E-state index in [-0.39, 0.29) is 16.6 Å². The van der Waals surface area contributed by atoms with Gasteiger partial charge in [-0.25, -0.2) is 9.38 Å². The molecule has 0 fully saturated rings. The molecule has 3 N–H and O–H groups in total. The van der Waals surface area contributed by atoms with Crippen molar-refractivity contribution in [2.75, 3.05) is 0 Å². The molecule has 0 saturated carbocycles. The second kappa shape index (κ2) is 8.69. The summed E-state index contributed by atoms with van der Waals surface area (Å²) in [5.41, 5.74) is 7.22. The minimum Gasteiger partial charge on any atom is -0.482 e. The minimum atomic E-state index is -0.647. The Morgan fingerprint density at radius 3 is 2.92 bits per heavy atom. The van der Waals surface area contributed by atoms with Gasteiger partial charge in [0, 0.05) is 29.4 Å². The molecule has 2 rings (SSSR count). The highest BCUT2D eigenvalue weighted by molar-refractivity contribution is 6.36. The van der Waals surface area contributed by atoms with Crippen molar-refractivity contribution >= 4 is 29.4 Å². The lowest BCUT2D eigenvalue weighted by Gasteiger charge is -2.19. The average molecular weight is 383 g/mol. The fourth-order valence-corrected chi connectivity index (χ4v) is 2.76. The van der Waals surface area contributed by atoms with E-state index >= 15 is 0 Å². The highest BCUT2D eigenvalue weighted by Crippen LogP contribution is 2.35. The van der Waals surface area contributed by atoms with Crippen molar-refractivity contribution in [3.05, 3.63) is 75.8 Å². The molecule has 0 saturated heterocycles. The Morgan fingerprint density at radius 2 is 2.28 bits per heavy atom. The third kappa shape index (κ3) is 4.84. The van der Waals surface area contributed by atoms with Crippen molar-refractivity contribution in [2.45, 2.75) is 19.4 Å². The monoisotopic (exact) mass is 382 g/mol. The first-order valence-corrected chi connectivity index (χ1v) is 8.12. The van der Waals surface area contributed by atoms with Gasteiger partial charge in [0.2, 0.25) is 0 Å². The largest absolute Gasteiger partial charge is 0.482 e.